The van der Waals surface area contributed by atoms with E-state index in [0.717, 1.165) is 24.2 Å². The Hall–Kier alpha value is -2.41. The molecule has 1 fully saturated rings. The van der Waals surface area contributed by atoms with Crippen LogP contribution in [-0.4, -0.2) is 45.9 Å². The number of thiazole rings is 1. The van der Waals surface area contributed by atoms with Gasteiger partial charge in [-0.05, 0) is 49.2 Å². The van der Waals surface area contributed by atoms with Gasteiger partial charge in [0.25, 0.3) is 10.0 Å². The lowest BCUT2D eigenvalue weighted by atomic mass is 10.3. The molecule has 1 aromatic heterocycles. The molecule has 0 bridgehead atoms. The second kappa shape index (κ2) is 7.93. The second-order valence-corrected chi connectivity index (χ2v) is 11.7. The van der Waals surface area contributed by atoms with Crippen LogP contribution in [-0.2, 0) is 27.1 Å². The normalized spacial score (nSPS) is 15.4. The summed E-state index contributed by atoms with van der Waals surface area (Å²) in [5.41, 5.74) is 0.648. The minimum absolute atomic E-state index is 0.00960. The molecule has 0 aliphatic carbocycles. The SMILES string of the molecule is COc1ccc(S(=O)(=O)N2CCCC2)cc1NS(=O)(=O)c1ccc2c(c1)sc(=O)n2C. The fourth-order valence-corrected chi connectivity index (χ4v) is 7.11. The molecule has 9 nitrogen and oxygen atoms in total. The van der Waals surface area contributed by atoms with Gasteiger partial charge in [0.1, 0.15) is 5.75 Å². The molecule has 2 heterocycles. The summed E-state index contributed by atoms with van der Waals surface area (Å²) in [7, 11) is -4.81. The van der Waals surface area contributed by atoms with E-state index >= 15 is 0 Å². The van der Waals surface area contributed by atoms with Crippen molar-refractivity contribution in [3.05, 3.63) is 46.1 Å². The number of hydrogen-bond acceptors (Lipinski definition) is 7. The molecule has 1 N–H and O–H groups in total. The highest BCUT2D eigenvalue weighted by molar-refractivity contribution is 7.92. The van der Waals surface area contributed by atoms with E-state index in [1.165, 1.54) is 46.3 Å². The first-order chi connectivity index (χ1) is 14.6. The van der Waals surface area contributed by atoms with E-state index in [1.54, 1.807) is 13.1 Å². The molecule has 0 amide bonds. The largest absolute Gasteiger partial charge is 0.495 e. The third-order valence-corrected chi connectivity index (χ3v) is 9.45. The van der Waals surface area contributed by atoms with Crippen molar-refractivity contribution in [1.29, 1.82) is 0 Å². The molecule has 3 aromatic rings. The molecule has 12 heteroatoms. The van der Waals surface area contributed by atoms with Gasteiger partial charge in [0, 0.05) is 20.1 Å². The Kier molecular flexibility index (Phi) is 5.58. The van der Waals surface area contributed by atoms with Crippen LogP contribution in [0.25, 0.3) is 10.2 Å². The van der Waals surface area contributed by atoms with Crippen LogP contribution in [0.15, 0.2) is 51.0 Å². The van der Waals surface area contributed by atoms with Crippen LogP contribution in [0.1, 0.15) is 12.8 Å². The Bertz CT molecular complexity index is 1420. The number of aryl methyl sites for hydroxylation is 1. The predicted octanol–water partition coefficient (Wildman–Crippen LogP) is 2.19. The lowest BCUT2D eigenvalue weighted by Gasteiger charge is -2.18. The maximum Gasteiger partial charge on any atom is 0.307 e. The molecule has 2 aromatic carbocycles. The Balaban J connectivity index is 1.73. The number of sulfonamides is 2. The number of nitrogens with one attached hydrogen (secondary N) is 1. The molecule has 0 spiro atoms. The van der Waals surface area contributed by atoms with Gasteiger partial charge < -0.3 is 9.30 Å². The smallest absolute Gasteiger partial charge is 0.307 e. The van der Waals surface area contributed by atoms with Crippen molar-refractivity contribution in [3.63, 3.8) is 0 Å². The van der Waals surface area contributed by atoms with Gasteiger partial charge in [0.05, 0.1) is 32.8 Å². The lowest BCUT2D eigenvalue weighted by molar-refractivity contribution is 0.416. The van der Waals surface area contributed by atoms with Gasteiger partial charge in [-0.15, -0.1) is 0 Å². The van der Waals surface area contributed by atoms with E-state index in [-0.39, 0.29) is 26.1 Å². The molecule has 1 aliphatic heterocycles. The Labute approximate surface area is 184 Å². The van der Waals surface area contributed by atoms with Gasteiger partial charge in [0.15, 0.2) is 0 Å². The van der Waals surface area contributed by atoms with E-state index in [1.807, 2.05) is 0 Å². The monoisotopic (exact) mass is 483 g/mol. The number of rotatable bonds is 6. The van der Waals surface area contributed by atoms with Crippen molar-refractivity contribution < 1.29 is 21.6 Å². The van der Waals surface area contributed by atoms with Crippen molar-refractivity contribution in [1.82, 2.24) is 8.87 Å². The van der Waals surface area contributed by atoms with Crippen molar-refractivity contribution in [2.75, 3.05) is 24.9 Å². The zero-order chi connectivity index (χ0) is 22.4. The summed E-state index contributed by atoms with van der Waals surface area (Å²) in [5.74, 6) is 0.189. The van der Waals surface area contributed by atoms with Gasteiger partial charge in [-0.1, -0.05) is 11.3 Å². The molecular weight excluding hydrogens is 462 g/mol. The number of methoxy groups -OCH3 is 1. The van der Waals surface area contributed by atoms with Crippen molar-refractivity contribution in [3.8, 4) is 5.75 Å². The fourth-order valence-electron chi connectivity index (χ4n) is 3.49. The second-order valence-electron chi connectivity index (χ2n) is 7.14. The van der Waals surface area contributed by atoms with Gasteiger partial charge in [-0.25, -0.2) is 16.8 Å². The number of aromatic nitrogens is 1. The first-order valence-corrected chi connectivity index (χ1v) is 13.2. The molecule has 0 atom stereocenters. The molecule has 0 saturated carbocycles. The summed E-state index contributed by atoms with van der Waals surface area (Å²) in [6, 6.07) is 8.47. The Morgan fingerprint density at radius 2 is 1.68 bits per heavy atom. The first-order valence-electron chi connectivity index (χ1n) is 9.44. The molecule has 31 heavy (non-hydrogen) atoms. The van der Waals surface area contributed by atoms with Crippen molar-refractivity contribution >= 4 is 47.3 Å². The minimum Gasteiger partial charge on any atom is -0.495 e. The topological polar surface area (TPSA) is 115 Å². The number of nitrogens with zero attached hydrogens (tertiary/aromatic N) is 2. The highest BCUT2D eigenvalue weighted by Crippen LogP contribution is 2.32. The van der Waals surface area contributed by atoms with Crippen LogP contribution in [0.3, 0.4) is 0 Å². The molecule has 0 unspecified atom stereocenters. The van der Waals surface area contributed by atoms with Gasteiger partial charge in [-0.2, -0.15) is 4.31 Å². The van der Waals surface area contributed by atoms with Gasteiger partial charge in [-0.3, -0.25) is 9.52 Å². The van der Waals surface area contributed by atoms with Crippen LogP contribution in [0.4, 0.5) is 5.69 Å². The maximum atomic E-state index is 13.0. The third-order valence-electron chi connectivity index (χ3n) is 5.19. The molecule has 1 saturated heterocycles. The summed E-state index contributed by atoms with van der Waals surface area (Å²) in [6.07, 6.45) is 1.59. The van der Waals surface area contributed by atoms with E-state index in [4.69, 9.17) is 4.74 Å². The number of ether oxygens (including phenoxy) is 1. The average Bonchev–Trinajstić information content (AvgIpc) is 3.37. The van der Waals surface area contributed by atoms with E-state index < -0.39 is 20.0 Å². The average molecular weight is 484 g/mol. The van der Waals surface area contributed by atoms with Crippen molar-refractivity contribution in [2.45, 2.75) is 22.6 Å². The minimum atomic E-state index is -4.07. The molecule has 4 rings (SSSR count). The molecular formula is C19H21N3O6S3. The van der Waals surface area contributed by atoms with Crippen LogP contribution >= 0.6 is 11.3 Å². The molecule has 0 radical (unpaired) electrons. The highest BCUT2D eigenvalue weighted by atomic mass is 32.2. The summed E-state index contributed by atoms with van der Waals surface area (Å²) in [4.78, 5) is 11.6. The molecule has 166 valence electrons. The first kappa shape index (κ1) is 21.8. The van der Waals surface area contributed by atoms with E-state index in [9.17, 15) is 21.6 Å². The summed E-state index contributed by atoms with van der Waals surface area (Å²) in [6.45, 7) is 0.880. The number of fused-ring (bicyclic) bond motifs is 1. The lowest BCUT2D eigenvalue weighted by Crippen LogP contribution is -2.28. The quantitative estimate of drug-likeness (QED) is 0.575. The van der Waals surface area contributed by atoms with E-state index in [0.29, 0.717) is 23.3 Å². The highest BCUT2D eigenvalue weighted by Gasteiger charge is 2.28. The summed E-state index contributed by atoms with van der Waals surface area (Å²) < 4.78 is 62.8. The van der Waals surface area contributed by atoms with Crippen LogP contribution in [0.5, 0.6) is 5.75 Å². The van der Waals surface area contributed by atoms with Gasteiger partial charge >= 0.3 is 4.87 Å². The van der Waals surface area contributed by atoms with Crippen LogP contribution in [0, 0.1) is 0 Å². The number of benzene rings is 2. The number of anilines is 1. The van der Waals surface area contributed by atoms with E-state index in [2.05, 4.69) is 4.72 Å². The third kappa shape index (κ3) is 3.95. The van der Waals surface area contributed by atoms with Crippen LogP contribution < -0.4 is 14.3 Å². The zero-order valence-corrected chi connectivity index (χ0v) is 19.3. The van der Waals surface area contributed by atoms with Crippen molar-refractivity contribution in [2.24, 2.45) is 7.05 Å². The Morgan fingerprint density at radius 1 is 1.00 bits per heavy atom. The summed E-state index contributed by atoms with van der Waals surface area (Å²) >= 11 is 0.949. The van der Waals surface area contributed by atoms with Gasteiger partial charge in [0.2, 0.25) is 10.0 Å². The zero-order valence-electron chi connectivity index (χ0n) is 16.9. The molecule has 1 aliphatic rings. The Morgan fingerprint density at radius 3 is 2.35 bits per heavy atom. The summed E-state index contributed by atoms with van der Waals surface area (Å²) in [5, 5.41) is 0. The predicted molar refractivity (Wildman–Crippen MR) is 119 cm³/mol. The standard InChI is InChI=1S/C19H21N3O6S3/c1-21-16-7-5-13(12-18(16)29-19(21)23)30(24,25)20-15-11-14(6-8-17(15)28-2)31(26,27)22-9-3-4-10-22/h5-8,11-12,20H,3-4,9-10H2,1-2H3. The fraction of sp³-hybridized carbons (Fsp3) is 0.316. The number of hydrogen-bond donors (Lipinski definition) is 1. The maximum absolute atomic E-state index is 13.0. The van der Waals surface area contributed by atoms with Crippen LogP contribution in [0.2, 0.25) is 0 Å².